The standard InChI is InChI=1S/C16H23NO4S/c1-12(18)13-5-6-15(21-3)14(9-13)10-22-11-16(19)17-7-4-8-20-2/h5-6,9H,4,7-8,10-11H2,1-3H3,(H,17,19). The van der Waals surface area contributed by atoms with Gasteiger partial charge in [0, 0.05) is 37.1 Å². The topological polar surface area (TPSA) is 64.6 Å². The lowest BCUT2D eigenvalue weighted by molar-refractivity contribution is -0.118. The zero-order valence-corrected chi connectivity index (χ0v) is 14.1. The largest absolute Gasteiger partial charge is 0.496 e. The van der Waals surface area contributed by atoms with Gasteiger partial charge in [0.2, 0.25) is 5.91 Å². The lowest BCUT2D eigenvalue weighted by Gasteiger charge is -2.10. The molecule has 0 spiro atoms. The fraction of sp³-hybridized carbons (Fsp3) is 0.500. The summed E-state index contributed by atoms with van der Waals surface area (Å²) in [5.41, 5.74) is 1.58. The molecule has 1 aromatic carbocycles. The molecule has 6 heteroatoms. The van der Waals surface area contributed by atoms with Gasteiger partial charge in [0.25, 0.3) is 0 Å². The summed E-state index contributed by atoms with van der Waals surface area (Å²) in [6.45, 7) is 2.80. The third kappa shape index (κ3) is 6.49. The van der Waals surface area contributed by atoms with Crippen LogP contribution in [0.5, 0.6) is 5.75 Å². The Hall–Kier alpha value is -1.53. The Morgan fingerprint density at radius 3 is 2.68 bits per heavy atom. The van der Waals surface area contributed by atoms with Crippen molar-refractivity contribution in [2.24, 2.45) is 0 Å². The summed E-state index contributed by atoms with van der Waals surface area (Å²) >= 11 is 1.49. The number of Topliss-reactive ketones (excluding diaryl/α,β-unsaturated/α-hetero) is 1. The molecule has 0 aliphatic rings. The van der Waals surface area contributed by atoms with Crippen molar-refractivity contribution >= 4 is 23.5 Å². The van der Waals surface area contributed by atoms with Gasteiger partial charge >= 0.3 is 0 Å². The maximum Gasteiger partial charge on any atom is 0.230 e. The molecule has 0 unspecified atom stereocenters. The van der Waals surface area contributed by atoms with Gasteiger partial charge in [-0.15, -0.1) is 11.8 Å². The summed E-state index contributed by atoms with van der Waals surface area (Å²) in [5.74, 6) is 1.75. The number of amides is 1. The van der Waals surface area contributed by atoms with Crippen LogP contribution in [-0.2, 0) is 15.3 Å². The minimum atomic E-state index is 0.00259. The van der Waals surface area contributed by atoms with Gasteiger partial charge in [-0.2, -0.15) is 0 Å². The van der Waals surface area contributed by atoms with E-state index in [0.717, 1.165) is 17.7 Å². The van der Waals surface area contributed by atoms with Gasteiger partial charge in [-0.25, -0.2) is 0 Å². The van der Waals surface area contributed by atoms with Crippen molar-refractivity contribution in [3.05, 3.63) is 29.3 Å². The summed E-state index contributed by atoms with van der Waals surface area (Å²) < 4.78 is 10.2. The Morgan fingerprint density at radius 1 is 1.27 bits per heavy atom. The Kier molecular flexibility index (Phi) is 8.62. The Bertz CT molecular complexity index is 505. The molecule has 0 aliphatic heterocycles. The Balaban J connectivity index is 2.45. The van der Waals surface area contributed by atoms with Crippen LogP contribution in [0.4, 0.5) is 0 Å². The van der Waals surface area contributed by atoms with Gasteiger partial charge in [0.15, 0.2) is 5.78 Å². The van der Waals surface area contributed by atoms with Gasteiger partial charge in [-0.05, 0) is 31.5 Å². The zero-order chi connectivity index (χ0) is 16.4. The molecule has 1 amide bonds. The number of thioether (sulfide) groups is 1. The first-order valence-electron chi connectivity index (χ1n) is 7.09. The quantitative estimate of drug-likeness (QED) is 0.528. The molecule has 0 bridgehead atoms. The van der Waals surface area contributed by atoms with E-state index in [0.29, 0.717) is 30.2 Å². The predicted molar refractivity (Wildman–Crippen MR) is 88.7 cm³/mol. The van der Waals surface area contributed by atoms with Crippen LogP contribution in [0.2, 0.25) is 0 Å². The van der Waals surface area contributed by atoms with Crippen molar-refractivity contribution < 1.29 is 19.1 Å². The molecule has 122 valence electrons. The van der Waals surface area contributed by atoms with Crippen molar-refractivity contribution in [3.8, 4) is 5.75 Å². The van der Waals surface area contributed by atoms with Crippen LogP contribution < -0.4 is 10.1 Å². The lowest BCUT2D eigenvalue weighted by atomic mass is 10.1. The summed E-state index contributed by atoms with van der Waals surface area (Å²) in [6.07, 6.45) is 0.807. The zero-order valence-electron chi connectivity index (χ0n) is 13.3. The van der Waals surface area contributed by atoms with Gasteiger partial charge in [0.05, 0.1) is 12.9 Å². The van der Waals surface area contributed by atoms with Crippen LogP contribution in [0.3, 0.4) is 0 Å². The normalized spacial score (nSPS) is 10.3. The highest BCUT2D eigenvalue weighted by molar-refractivity contribution is 7.99. The minimum absolute atomic E-state index is 0.00259. The van der Waals surface area contributed by atoms with E-state index in [4.69, 9.17) is 9.47 Å². The van der Waals surface area contributed by atoms with Gasteiger partial charge in [-0.3, -0.25) is 9.59 Å². The van der Waals surface area contributed by atoms with E-state index in [1.165, 1.54) is 18.7 Å². The smallest absolute Gasteiger partial charge is 0.230 e. The van der Waals surface area contributed by atoms with Crippen molar-refractivity contribution in [1.82, 2.24) is 5.32 Å². The highest BCUT2D eigenvalue weighted by Crippen LogP contribution is 2.24. The molecule has 0 aliphatic carbocycles. The number of ether oxygens (including phenoxy) is 2. The molecule has 0 heterocycles. The van der Waals surface area contributed by atoms with Crippen LogP contribution in [0.15, 0.2) is 18.2 Å². The SMILES string of the molecule is COCCCNC(=O)CSCc1cc(C(C)=O)ccc1OC. The van der Waals surface area contributed by atoms with Crippen LogP contribution in [0.1, 0.15) is 29.3 Å². The average Bonchev–Trinajstić information content (AvgIpc) is 2.51. The summed E-state index contributed by atoms with van der Waals surface area (Å²) in [5, 5.41) is 2.84. The summed E-state index contributed by atoms with van der Waals surface area (Å²) in [7, 11) is 3.24. The number of ketones is 1. The molecule has 1 aromatic rings. The predicted octanol–water partition coefficient (Wildman–Crippen LogP) is 2.28. The molecule has 5 nitrogen and oxygen atoms in total. The highest BCUT2D eigenvalue weighted by atomic mass is 32.2. The summed E-state index contributed by atoms with van der Waals surface area (Å²) in [4.78, 5) is 23.1. The minimum Gasteiger partial charge on any atom is -0.496 e. The number of carbonyl (C=O) groups excluding carboxylic acids is 2. The van der Waals surface area contributed by atoms with E-state index in [-0.39, 0.29) is 11.7 Å². The van der Waals surface area contributed by atoms with Crippen LogP contribution in [-0.4, -0.2) is 44.8 Å². The first-order valence-corrected chi connectivity index (χ1v) is 8.25. The van der Waals surface area contributed by atoms with E-state index in [1.807, 2.05) is 6.07 Å². The number of benzene rings is 1. The van der Waals surface area contributed by atoms with E-state index in [2.05, 4.69) is 5.32 Å². The first kappa shape index (κ1) is 18.5. The van der Waals surface area contributed by atoms with Crippen LogP contribution in [0.25, 0.3) is 0 Å². The van der Waals surface area contributed by atoms with Gasteiger partial charge in [0.1, 0.15) is 5.75 Å². The first-order chi connectivity index (χ1) is 10.6. The summed E-state index contributed by atoms with van der Waals surface area (Å²) in [6, 6.07) is 5.36. The number of carbonyl (C=O) groups is 2. The fourth-order valence-corrected chi connectivity index (χ4v) is 2.69. The second kappa shape index (κ2) is 10.2. The number of methoxy groups -OCH3 is 2. The lowest BCUT2D eigenvalue weighted by Crippen LogP contribution is -2.26. The van der Waals surface area contributed by atoms with Crippen molar-refractivity contribution in [1.29, 1.82) is 0 Å². The fourth-order valence-electron chi connectivity index (χ4n) is 1.86. The Morgan fingerprint density at radius 2 is 2.05 bits per heavy atom. The molecule has 22 heavy (non-hydrogen) atoms. The maximum absolute atomic E-state index is 11.7. The Labute approximate surface area is 135 Å². The number of hydrogen-bond acceptors (Lipinski definition) is 5. The molecule has 0 aromatic heterocycles. The van der Waals surface area contributed by atoms with Gasteiger partial charge in [-0.1, -0.05) is 0 Å². The molecular formula is C16H23NO4S. The maximum atomic E-state index is 11.7. The average molecular weight is 325 g/mol. The molecule has 1 N–H and O–H groups in total. The van der Waals surface area contributed by atoms with Crippen molar-refractivity contribution in [3.63, 3.8) is 0 Å². The van der Waals surface area contributed by atoms with Crippen LogP contribution in [0, 0.1) is 0 Å². The van der Waals surface area contributed by atoms with Gasteiger partial charge < -0.3 is 14.8 Å². The molecule has 0 radical (unpaired) electrons. The van der Waals surface area contributed by atoms with Crippen LogP contribution >= 0.6 is 11.8 Å². The molecule has 0 fully saturated rings. The molecule has 1 rings (SSSR count). The van der Waals surface area contributed by atoms with E-state index >= 15 is 0 Å². The number of hydrogen-bond donors (Lipinski definition) is 1. The third-order valence-electron chi connectivity index (χ3n) is 3.03. The third-order valence-corrected chi connectivity index (χ3v) is 4.01. The molecular weight excluding hydrogens is 302 g/mol. The van der Waals surface area contributed by atoms with E-state index in [1.54, 1.807) is 26.4 Å². The van der Waals surface area contributed by atoms with E-state index < -0.39 is 0 Å². The molecule has 0 saturated heterocycles. The monoisotopic (exact) mass is 325 g/mol. The molecule has 0 atom stereocenters. The van der Waals surface area contributed by atoms with Crippen molar-refractivity contribution in [2.45, 2.75) is 19.1 Å². The van der Waals surface area contributed by atoms with Crippen molar-refractivity contribution in [2.75, 3.05) is 33.1 Å². The number of rotatable bonds is 10. The molecule has 0 saturated carbocycles. The highest BCUT2D eigenvalue weighted by Gasteiger charge is 2.08. The second-order valence-corrected chi connectivity index (χ2v) is 5.76. The second-order valence-electron chi connectivity index (χ2n) is 4.77. The van der Waals surface area contributed by atoms with E-state index in [9.17, 15) is 9.59 Å². The number of nitrogens with one attached hydrogen (secondary N) is 1.